The minimum atomic E-state index is -1.05. The molecule has 1 amide bonds. The van der Waals surface area contributed by atoms with E-state index in [2.05, 4.69) is 16.4 Å². The summed E-state index contributed by atoms with van der Waals surface area (Å²) in [6.07, 6.45) is 8.26. The molecule has 8 heteroatoms. The molecule has 0 unspecified atom stereocenters. The van der Waals surface area contributed by atoms with Gasteiger partial charge in [-0.2, -0.15) is 0 Å². The number of allylic oxidation sites excluding steroid dienone is 1. The van der Waals surface area contributed by atoms with Crippen molar-refractivity contribution in [2.24, 2.45) is 29.4 Å². The van der Waals surface area contributed by atoms with Crippen molar-refractivity contribution in [3.8, 4) is 11.1 Å². The Morgan fingerprint density at radius 1 is 1.30 bits per heavy atom. The lowest BCUT2D eigenvalue weighted by atomic mass is 9.54. The van der Waals surface area contributed by atoms with E-state index in [9.17, 15) is 14.0 Å². The minimum absolute atomic E-state index is 0.00281. The number of benzene rings is 1. The fourth-order valence-electron chi connectivity index (χ4n) is 6.80. The number of halogens is 1. The van der Waals surface area contributed by atoms with Crippen molar-refractivity contribution in [3.63, 3.8) is 0 Å². The van der Waals surface area contributed by atoms with E-state index in [4.69, 9.17) is 15.2 Å². The van der Waals surface area contributed by atoms with Gasteiger partial charge in [-0.1, -0.05) is 24.3 Å². The number of carbonyl (C=O) groups is 2. The van der Waals surface area contributed by atoms with Crippen LogP contribution in [0, 0.1) is 29.5 Å². The second-order valence-electron chi connectivity index (χ2n) is 10.6. The van der Waals surface area contributed by atoms with E-state index in [0.29, 0.717) is 18.9 Å². The van der Waals surface area contributed by atoms with Crippen molar-refractivity contribution in [1.82, 2.24) is 10.3 Å². The first kappa shape index (κ1) is 25.4. The lowest BCUT2D eigenvalue weighted by Crippen LogP contribution is -2.61. The predicted molar refractivity (Wildman–Crippen MR) is 138 cm³/mol. The van der Waals surface area contributed by atoms with E-state index in [1.54, 1.807) is 19.2 Å². The van der Waals surface area contributed by atoms with Crippen molar-refractivity contribution in [2.75, 3.05) is 6.61 Å². The summed E-state index contributed by atoms with van der Waals surface area (Å²) in [6, 6.07) is 10.3. The second kappa shape index (κ2) is 10.2. The van der Waals surface area contributed by atoms with E-state index in [-0.39, 0.29) is 41.7 Å². The molecule has 7 nitrogen and oxygen atoms in total. The Morgan fingerprint density at radius 3 is 2.86 bits per heavy atom. The van der Waals surface area contributed by atoms with Gasteiger partial charge >= 0.3 is 12.1 Å². The topological polar surface area (TPSA) is 104 Å². The Hall–Kier alpha value is -3.26. The quantitative estimate of drug-likeness (QED) is 0.568. The Labute approximate surface area is 216 Å². The molecule has 1 aliphatic heterocycles. The van der Waals surface area contributed by atoms with Gasteiger partial charge in [0.15, 0.2) is 0 Å². The Bertz CT molecular complexity index is 1190. The van der Waals surface area contributed by atoms with Gasteiger partial charge < -0.3 is 20.5 Å². The zero-order chi connectivity index (χ0) is 26.2. The maximum absolute atomic E-state index is 13.6. The Kier molecular flexibility index (Phi) is 7.03. The molecule has 0 spiro atoms. The third kappa shape index (κ3) is 4.99. The summed E-state index contributed by atoms with van der Waals surface area (Å²) >= 11 is 0. The van der Waals surface area contributed by atoms with Crippen LogP contribution in [0.25, 0.3) is 17.2 Å². The highest BCUT2D eigenvalue weighted by Crippen LogP contribution is 2.54. The molecule has 2 saturated carbocycles. The van der Waals surface area contributed by atoms with Crippen LogP contribution in [0.4, 0.5) is 9.18 Å². The third-order valence-electron chi connectivity index (χ3n) is 8.35. The first-order valence-electron chi connectivity index (χ1n) is 13.1. The molecule has 2 aromatic rings. The normalized spacial score (nSPS) is 32.9. The number of aromatic nitrogens is 1. The van der Waals surface area contributed by atoms with Crippen LogP contribution in [0.1, 0.15) is 45.2 Å². The standard InChI is InChI=1S/C29H34FN3O4/c1-3-36-28(35)33-23-10-11-24-20(14-23)15-29(31)26(17(2)37-27(29)34)25(24)12-9-22-8-7-19(16-32-22)18-5-4-6-21(30)13-18/h4-9,12-13,16-17,20,23-26H,3,10-11,14-15,31H2,1-2H3,(H,33,35)/b12-9+/t17-,20+,23-,24-,25+,26+,29+/m1/s1. The fraction of sp³-hybridized carbons (Fsp3) is 0.483. The number of hydrogen-bond donors (Lipinski definition) is 2. The number of amides is 1. The Balaban J connectivity index is 1.37. The average Bonchev–Trinajstić information content (AvgIpc) is 3.09. The van der Waals surface area contributed by atoms with Crippen LogP contribution in [0.3, 0.4) is 0 Å². The number of nitrogens with two attached hydrogens (primary N) is 1. The van der Waals surface area contributed by atoms with Gasteiger partial charge in [-0.15, -0.1) is 0 Å². The molecule has 7 atom stereocenters. The van der Waals surface area contributed by atoms with Crippen LogP contribution in [0.2, 0.25) is 0 Å². The molecular formula is C29H34FN3O4. The number of alkyl carbamates (subject to hydrolysis) is 1. The number of carbonyl (C=O) groups excluding carboxylic acids is 2. The lowest BCUT2D eigenvalue weighted by molar-refractivity contribution is -0.145. The number of cyclic esters (lactones) is 1. The predicted octanol–water partition coefficient (Wildman–Crippen LogP) is 4.71. The van der Waals surface area contributed by atoms with Gasteiger partial charge in [-0.05, 0) is 87.1 Å². The molecular weight excluding hydrogens is 473 g/mol. The molecule has 2 heterocycles. The number of hydrogen-bond acceptors (Lipinski definition) is 6. The number of ether oxygens (including phenoxy) is 2. The highest BCUT2D eigenvalue weighted by atomic mass is 19.1. The lowest BCUT2D eigenvalue weighted by Gasteiger charge is -2.50. The van der Waals surface area contributed by atoms with Gasteiger partial charge in [0.2, 0.25) is 0 Å². The van der Waals surface area contributed by atoms with Crippen molar-refractivity contribution in [1.29, 1.82) is 0 Å². The maximum Gasteiger partial charge on any atom is 0.407 e. The zero-order valence-corrected chi connectivity index (χ0v) is 21.2. The van der Waals surface area contributed by atoms with E-state index < -0.39 is 11.6 Å². The molecule has 5 rings (SSSR count). The van der Waals surface area contributed by atoms with Crippen molar-refractivity contribution < 1.29 is 23.5 Å². The van der Waals surface area contributed by atoms with E-state index in [0.717, 1.165) is 36.1 Å². The number of pyridine rings is 1. The summed E-state index contributed by atoms with van der Waals surface area (Å²) in [5.74, 6) is -0.204. The number of fused-ring (bicyclic) bond motifs is 2. The van der Waals surface area contributed by atoms with Crippen LogP contribution in [-0.2, 0) is 14.3 Å². The summed E-state index contributed by atoms with van der Waals surface area (Å²) in [4.78, 5) is 29.4. The number of nitrogens with one attached hydrogen (secondary N) is 1. The van der Waals surface area contributed by atoms with Crippen LogP contribution >= 0.6 is 0 Å². The van der Waals surface area contributed by atoms with E-state index in [1.807, 2.05) is 31.2 Å². The first-order valence-corrected chi connectivity index (χ1v) is 13.1. The summed E-state index contributed by atoms with van der Waals surface area (Å²) in [7, 11) is 0. The van der Waals surface area contributed by atoms with Gasteiger partial charge in [-0.3, -0.25) is 9.78 Å². The van der Waals surface area contributed by atoms with Gasteiger partial charge in [0.05, 0.1) is 12.3 Å². The number of nitrogens with zero attached hydrogens (tertiary/aromatic N) is 1. The van der Waals surface area contributed by atoms with Gasteiger partial charge in [0, 0.05) is 23.7 Å². The summed E-state index contributed by atoms with van der Waals surface area (Å²) in [5, 5.41) is 2.97. The Morgan fingerprint density at radius 2 is 2.14 bits per heavy atom. The molecule has 2 aliphatic carbocycles. The summed E-state index contributed by atoms with van der Waals surface area (Å²) in [5.41, 5.74) is 8.13. The molecule has 196 valence electrons. The first-order chi connectivity index (χ1) is 17.8. The van der Waals surface area contributed by atoms with Crippen LogP contribution < -0.4 is 11.1 Å². The third-order valence-corrected chi connectivity index (χ3v) is 8.35. The monoisotopic (exact) mass is 507 g/mol. The van der Waals surface area contributed by atoms with Crippen LogP contribution in [0.15, 0.2) is 48.7 Å². The molecule has 1 saturated heterocycles. The van der Waals surface area contributed by atoms with Crippen molar-refractivity contribution >= 4 is 18.1 Å². The highest BCUT2D eigenvalue weighted by molar-refractivity contribution is 5.84. The van der Waals surface area contributed by atoms with Crippen molar-refractivity contribution in [2.45, 2.75) is 57.2 Å². The van der Waals surface area contributed by atoms with Crippen LogP contribution in [-0.4, -0.2) is 41.3 Å². The molecule has 1 aromatic heterocycles. The molecule has 3 aliphatic rings. The average molecular weight is 508 g/mol. The molecule has 1 aromatic carbocycles. The largest absolute Gasteiger partial charge is 0.461 e. The number of esters is 1. The minimum Gasteiger partial charge on any atom is -0.461 e. The van der Waals surface area contributed by atoms with Crippen LogP contribution in [0.5, 0.6) is 0 Å². The second-order valence-corrected chi connectivity index (χ2v) is 10.6. The fourth-order valence-corrected chi connectivity index (χ4v) is 6.80. The van der Waals surface area contributed by atoms with Gasteiger partial charge in [0.1, 0.15) is 17.5 Å². The summed E-state index contributed by atoms with van der Waals surface area (Å²) < 4.78 is 24.3. The number of rotatable bonds is 5. The molecule has 0 radical (unpaired) electrons. The van der Waals surface area contributed by atoms with Gasteiger partial charge in [0.25, 0.3) is 0 Å². The molecule has 0 bridgehead atoms. The maximum atomic E-state index is 13.6. The summed E-state index contributed by atoms with van der Waals surface area (Å²) in [6.45, 7) is 4.04. The molecule has 3 N–H and O–H groups in total. The highest BCUT2D eigenvalue weighted by Gasteiger charge is 2.62. The van der Waals surface area contributed by atoms with E-state index in [1.165, 1.54) is 12.1 Å². The van der Waals surface area contributed by atoms with Gasteiger partial charge in [-0.25, -0.2) is 9.18 Å². The smallest absolute Gasteiger partial charge is 0.407 e. The van der Waals surface area contributed by atoms with E-state index >= 15 is 0 Å². The van der Waals surface area contributed by atoms with Crippen molar-refractivity contribution in [3.05, 3.63) is 60.2 Å². The molecule has 37 heavy (non-hydrogen) atoms. The molecule has 3 fully saturated rings. The SMILES string of the molecule is CCOC(=O)N[C@@H]1CC[C@@H]2[C@@H](C1)C[C@@]1(N)C(=O)O[C@H](C)[C@H]1[C@H]2/C=C/c1ccc(-c2cccc(F)c2)cn1. The zero-order valence-electron chi connectivity index (χ0n) is 21.2.